The first-order chi connectivity index (χ1) is 16.2. The Hall–Kier alpha value is -3.86. The van der Waals surface area contributed by atoms with Gasteiger partial charge in [0.1, 0.15) is 11.2 Å². The standard InChI is InChI=1S/C23H21F2N5O3S/c1-3-9-34(32,33)30-17-8-7-16(24)19(20(17)25)21(31)15-11-26-22-18(15)23(28-12-27-22)29-14-6-4-5-13(2)10-14/h4-8,10-12,30H,3,9H2,1-2H3,(H2,26,27,28,29)/p+1. The first kappa shape index (κ1) is 23.3. The number of ketones is 1. The number of aryl methyl sites for hydroxylation is 1. The van der Waals surface area contributed by atoms with Crippen molar-refractivity contribution in [2.75, 3.05) is 15.8 Å². The molecule has 0 saturated heterocycles. The number of rotatable bonds is 8. The highest BCUT2D eigenvalue weighted by Gasteiger charge is 2.28. The predicted molar refractivity (Wildman–Crippen MR) is 125 cm³/mol. The Kier molecular flexibility index (Phi) is 6.29. The lowest BCUT2D eigenvalue weighted by molar-refractivity contribution is -0.352. The van der Waals surface area contributed by atoms with Crippen molar-refractivity contribution in [3.63, 3.8) is 0 Å². The van der Waals surface area contributed by atoms with Gasteiger partial charge in [-0.3, -0.25) is 14.5 Å². The molecule has 0 aliphatic rings. The average Bonchev–Trinajstić information content (AvgIpc) is 3.21. The van der Waals surface area contributed by atoms with E-state index >= 15 is 4.39 Å². The number of aromatic amines is 2. The number of nitrogens with one attached hydrogen (secondary N) is 4. The Labute approximate surface area is 194 Å². The van der Waals surface area contributed by atoms with Crippen LogP contribution < -0.4 is 15.0 Å². The molecule has 2 heterocycles. The summed E-state index contributed by atoms with van der Waals surface area (Å²) in [5, 5.41) is 3.42. The van der Waals surface area contributed by atoms with Crippen LogP contribution in [0.25, 0.3) is 11.0 Å². The van der Waals surface area contributed by atoms with E-state index in [4.69, 9.17) is 0 Å². The third kappa shape index (κ3) is 4.60. The Morgan fingerprint density at radius 2 is 2.00 bits per heavy atom. The first-order valence-corrected chi connectivity index (χ1v) is 12.1. The van der Waals surface area contributed by atoms with Crippen LogP contribution in [0.3, 0.4) is 0 Å². The summed E-state index contributed by atoms with van der Waals surface area (Å²) in [7, 11) is -3.85. The maximum absolute atomic E-state index is 15.2. The summed E-state index contributed by atoms with van der Waals surface area (Å²) in [6.07, 6.45) is 3.04. The van der Waals surface area contributed by atoms with E-state index in [1.165, 1.54) is 12.5 Å². The number of hydrogen-bond acceptors (Lipinski definition) is 5. The summed E-state index contributed by atoms with van der Waals surface area (Å²) in [6.45, 7) is 3.57. The molecule has 0 aliphatic heterocycles. The Morgan fingerprint density at radius 1 is 1.21 bits per heavy atom. The number of halogens is 2. The number of hydrogen-bond donors (Lipinski definition) is 3. The van der Waals surface area contributed by atoms with Crippen molar-refractivity contribution in [2.45, 2.75) is 20.3 Å². The number of H-pyrrole nitrogens is 2. The molecule has 0 radical (unpaired) electrons. The van der Waals surface area contributed by atoms with Gasteiger partial charge in [0, 0.05) is 5.69 Å². The maximum atomic E-state index is 15.2. The van der Waals surface area contributed by atoms with Gasteiger partial charge >= 0.3 is 0 Å². The minimum absolute atomic E-state index is 0.0409. The number of aromatic nitrogens is 3. The lowest BCUT2D eigenvalue weighted by Gasteiger charge is -2.11. The largest absolute Gasteiger partial charge is 0.326 e. The molecule has 2 aromatic carbocycles. The van der Waals surface area contributed by atoms with Gasteiger partial charge in [0.15, 0.2) is 5.82 Å². The highest BCUT2D eigenvalue weighted by atomic mass is 32.2. The van der Waals surface area contributed by atoms with Crippen molar-refractivity contribution >= 4 is 44.0 Å². The summed E-state index contributed by atoms with van der Waals surface area (Å²) in [6, 6.07) is 9.27. The van der Waals surface area contributed by atoms with Crippen LogP contribution in [0.1, 0.15) is 34.8 Å². The van der Waals surface area contributed by atoms with Gasteiger partial charge in [0.25, 0.3) is 0 Å². The van der Waals surface area contributed by atoms with E-state index in [2.05, 4.69) is 25.0 Å². The van der Waals surface area contributed by atoms with Gasteiger partial charge in [-0.25, -0.2) is 22.2 Å². The van der Waals surface area contributed by atoms with Crippen molar-refractivity contribution < 1.29 is 27.0 Å². The Balaban J connectivity index is 1.79. The highest BCUT2D eigenvalue weighted by molar-refractivity contribution is 7.92. The van der Waals surface area contributed by atoms with Gasteiger partial charge in [0.2, 0.25) is 33.6 Å². The molecule has 2 aromatic heterocycles. The van der Waals surface area contributed by atoms with E-state index in [1.54, 1.807) is 6.92 Å². The third-order valence-corrected chi connectivity index (χ3v) is 6.58. The minimum atomic E-state index is -3.85. The van der Waals surface area contributed by atoms with Gasteiger partial charge in [0.05, 0.1) is 28.8 Å². The number of sulfonamides is 1. The maximum Gasteiger partial charge on any atom is 0.236 e. The summed E-state index contributed by atoms with van der Waals surface area (Å²) < 4.78 is 56.1. The second-order valence-corrected chi connectivity index (χ2v) is 9.57. The van der Waals surface area contributed by atoms with Crippen molar-refractivity contribution in [1.29, 1.82) is 0 Å². The molecular formula is C23H22F2N5O3S+. The Bertz CT molecular complexity index is 1500. The molecule has 11 heteroatoms. The predicted octanol–water partition coefficient (Wildman–Crippen LogP) is 4.09. The molecule has 0 amide bonds. The number of anilines is 3. The smallest absolute Gasteiger partial charge is 0.236 e. The van der Waals surface area contributed by atoms with E-state index in [9.17, 15) is 17.6 Å². The van der Waals surface area contributed by atoms with Gasteiger partial charge in [-0.05, 0) is 43.2 Å². The molecule has 0 bridgehead atoms. The fourth-order valence-corrected chi connectivity index (χ4v) is 4.74. The SMILES string of the molecule is CCCS(=O)(=O)Nc1ccc(F)c(C(=O)c2c[nH]c3[nH+]cnc(Nc4cccc(C)c4)c23)c1F. The zero-order valence-electron chi connectivity index (χ0n) is 18.4. The van der Waals surface area contributed by atoms with Gasteiger partial charge in [-0.15, -0.1) is 0 Å². The molecule has 4 rings (SSSR count). The second kappa shape index (κ2) is 9.18. The van der Waals surface area contributed by atoms with Crippen LogP contribution in [0.5, 0.6) is 0 Å². The number of carbonyl (C=O) groups is 1. The fraction of sp³-hybridized carbons (Fsp3) is 0.174. The molecular weight excluding hydrogens is 464 g/mol. The van der Waals surface area contributed by atoms with Crippen LogP contribution in [0.2, 0.25) is 0 Å². The number of nitrogens with zero attached hydrogens (tertiary/aromatic N) is 1. The molecule has 34 heavy (non-hydrogen) atoms. The van der Waals surface area contributed by atoms with Crippen LogP contribution >= 0.6 is 0 Å². The van der Waals surface area contributed by atoms with E-state index < -0.39 is 38.7 Å². The average molecular weight is 487 g/mol. The molecule has 0 fully saturated rings. The van der Waals surface area contributed by atoms with Crippen LogP contribution in [0.15, 0.2) is 48.9 Å². The van der Waals surface area contributed by atoms with E-state index in [0.717, 1.165) is 17.7 Å². The normalized spacial score (nSPS) is 11.5. The van der Waals surface area contributed by atoms with Gasteiger partial charge < -0.3 is 5.32 Å². The molecule has 0 atom stereocenters. The lowest BCUT2D eigenvalue weighted by Crippen LogP contribution is -2.18. The minimum Gasteiger partial charge on any atom is -0.326 e. The fourth-order valence-electron chi connectivity index (χ4n) is 3.60. The molecule has 0 aliphatic carbocycles. The summed E-state index contributed by atoms with van der Waals surface area (Å²) in [5.74, 6) is -3.32. The van der Waals surface area contributed by atoms with Crippen molar-refractivity contribution in [2.24, 2.45) is 0 Å². The monoisotopic (exact) mass is 486 g/mol. The van der Waals surface area contributed by atoms with E-state index in [1.807, 2.05) is 31.2 Å². The summed E-state index contributed by atoms with van der Waals surface area (Å²) in [5.41, 5.74) is 0.712. The zero-order chi connectivity index (χ0) is 24.5. The van der Waals surface area contributed by atoms with Crippen LogP contribution in [0.4, 0.5) is 26.0 Å². The van der Waals surface area contributed by atoms with Crippen molar-refractivity contribution in [3.05, 3.63) is 77.2 Å². The topological polar surface area (TPSA) is 118 Å². The summed E-state index contributed by atoms with van der Waals surface area (Å²) >= 11 is 0. The quantitative estimate of drug-likeness (QED) is 0.324. The molecule has 4 N–H and O–H groups in total. The van der Waals surface area contributed by atoms with Crippen LogP contribution in [0, 0.1) is 18.6 Å². The zero-order valence-corrected chi connectivity index (χ0v) is 19.2. The first-order valence-electron chi connectivity index (χ1n) is 10.4. The van der Waals surface area contributed by atoms with E-state index in [-0.39, 0.29) is 11.3 Å². The van der Waals surface area contributed by atoms with Gasteiger partial charge in [-0.2, -0.15) is 0 Å². The van der Waals surface area contributed by atoms with Crippen LogP contribution in [-0.2, 0) is 10.0 Å². The number of fused-ring (bicyclic) bond motifs is 1. The Morgan fingerprint density at radius 3 is 2.74 bits per heavy atom. The molecule has 0 spiro atoms. The number of carbonyl (C=O) groups excluding carboxylic acids is 1. The summed E-state index contributed by atoms with van der Waals surface area (Å²) in [4.78, 5) is 23.3. The highest BCUT2D eigenvalue weighted by Crippen LogP contribution is 2.30. The second-order valence-electron chi connectivity index (χ2n) is 7.73. The van der Waals surface area contributed by atoms with Gasteiger partial charge in [-0.1, -0.05) is 24.0 Å². The lowest BCUT2D eigenvalue weighted by atomic mass is 10.0. The molecule has 176 valence electrons. The van der Waals surface area contributed by atoms with Crippen LogP contribution in [-0.4, -0.2) is 29.9 Å². The molecule has 8 nitrogen and oxygen atoms in total. The molecule has 0 unspecified atom stereocenters. The molecule has 0 saturated carbocycles. The van der Waals surface area contributed by atoms with Crippen molar-refractivity contribution in [3.8, 4) is 0 Å². The third-order valence-electron chi connectivity index (χ3n) is 5.10. The number of benzene rings is 2. The van der Waals surface area contributed by atoms with E-state index in [0.29, 0.717) is 29.0 Å². The van der Waals surface area contributed by atoms with Crippen molar-refractivity contribution in [1.82, 2.24) is 9.97 Å². The molecule has 4 aromatic rings.